The maximum atomic E-state index is 11.6. The van der Waals surface area contributed by atoms with Crippen molar-refractivity contribution >= 4 is 5.97 Å². The van der Waals surface area contributed by atoms with Crippen molar-refractivity contribution in [2.75, 3.05) is 13.7 Å². The molecule has 0 saturated carbocycles. The van der Waals surface area contributed by atoms with Crippen LogP contribution < -0.4 is 0 Å². The summed E-state index contributed by atoms with van der Waals surface area (Å²) in [6.45, 7) is 2.13. The highest BCUT2D eigenvalue weighted by Gasteiger charge is 2.48. The van der Waals surface area contributed by atoms with Crippen LogP contribution in [0.1, 0.15) is 18.1 Å². The number of aliphatic hydroxyl groups excluding tert-OH is 1. The van der Waals surface area contributed by atoms with Crippen molar-refractivity contribution in [3.8, 4) is 0 Å². The minimum absolute atomic E-state index is 0.183. The molecule has 1 heterocycles. The lowest BCUT2D eigenvalue weighted by Crippen LogP contribution is -2.61. The second-order valence-corrected chi connectivity index (χ2v) is 7.10. The van der Waals surface area contributed by atoms with Gasteiger partial charge in [-0.1, -0.05) is 60.7 Å². The highest BCUT2D eigenvalue weighted by molar-refractivity contribution is 5.66. The van der Waals surface area contributed by atoms with E-state index in [-0.39, 0.29) is 13.2 Å². The molecule has 1 N–H and O–H groups in total. The zero-order valence-electron chi connectivity index (χ0n) is 17.2. The molecule has 7 heteroatoms. The van der Waals surface area contributed by atoms with Gasteiger partial charge >= 0.3 is 5.97 Å². The molecule has 1 saturated heterocycles. The van der Waals surface area contributed by atoms with Gasteiger partial charge in [0.1, 0.15) is 18.3 Å². The van der Waals surface area contributed by atoms with Crippen LogP contribution in [-0.4, -0.2) is 55.5 Å². The zero-order chi connectivity index (χ0) is 21.3. The number of rotatable bonds is 9. The highest BCUT2D eigenvalue weighted by atomic mass is 16.7. The number of aliphatic hydroxyl groups is 1. The third-order valence-corrected chi connectivity index (χ3v) is 4.86. The van der Waals surface area contributed by atoms with Gasteiger partial charge in [0.05, 0.1) is 19.8 Å². The van der Waals surface area contributed by atoms with Crippen LogP contribution in [0.5, 0.6) is 0 Å². The molecular weight excluding hydrogens is 388 g/mol. The Balaban J connectivity index is 1.68. The van der Waals surface area contributed by atoms with Crippen molar-refractivity contribution < 1.29 is 33.6 Å². The van der Waals surface area contributed by atoms with Crippen LogP contribution in [0.15, 0.2) is 60.7 Å². The van der Waals surface area contributed by atoms with Gasteiger partial charge in [0, 0.05) is 14.0 Å². The molecule has 5 atom stereocenters. The molecule has 7 nitrogen and oxygen atoms in total. The van der Waals surface area contributed by atoms with Crippen LogP contribution in [0.3, 0.4) is 0 Å². The number of esters is 1. The number of benzene rings is 2. The van der Waals surface area contributed by atoms with Crippen molar-refractivity contribution in [3.63, 3.8) is 0 Å². The molecule has 3 rings (SSSR count). The SMILES string of the molecule is CO[C@H]1[C@H](OCc2ccccc2)[C@@H](OC(C)=O)[C@H](O)O[C@@H]1COCc1ccccc1. The van der Waals surface area contributed by atoms with E-state index in [4.69, 9.17) is 23.7 Å². The minimum Gasteiger partial charge on any atom is -0.454 e. The van der Waals surface area contributed by atoms with E-state index in [1.807, 2.05) is 60.7 Å². The van der Waals surface area contributed by atoms with E-state index in [1.54, 1.807) is 0 Å². The Labute approximate surface area is 176 Å². The Morgan fingerprint density at radius 2 is 1.53 bits per heavy atom. The average Bonchev–Trinajstić information content (AvgIpc) is 2.75. The normalized spacial score (nSPS) is 26.3. The topological polar surface area (TPSA) is 83.5 Å². The Kier molecular flexibility index (Phi) is 8.36. The summed E-state index contributed by atoms with van der Waals surface area (Å²) >= 11 is 0. The second kappa shape index (κ2) is 11.2. The number of carbonyl (C=O) groups is 1. The van der Waals surface area contributed by atoms with Crippen LogP contribution in [-0.2, 0) is 41.7 Å². The molecule has 2 aromatic carbocycles. The van der Waals surface area contributed by atoms with Gasteiger partial charge in [0.25, 0.3) is 0 Å². The number of ether oxygens (including phenoxy) is 5. The van der Waals surface area contributed by atoms with Gasteiger partial charge in [-0.3, -0.25) is 4.79 Å². The fourth-order valence-corrected chi connectivity index (χ4v) is 3.46. The summed E-state index contributed by atoms with van der Waals surface area (Å²) in [5.74, 6) is -0.537. The number of methoxy groups -OCH3 is 1. The molecule has 0 unspecified atom stereocenters. The maximum absolute atomic E-state index is 11.6. The highest BCUT2D eigenvalue weighted by Crippen LogP contribution is 2.28. The molecule has 0 bridgehead atoms. The van der Waals surface area contributed by atoms with E-state index in [0.29, 0.717) is 6.61 Å². The Morgan fingerprint density at radius 1 is 0.933 bits per heavy atom. The first-order chi connectivity index (χ1) is 14.6. The number of hydrogen-bond acceptors (Lipinski definition) is 7. The van der Waals surface area contributed by atoms with Crippen LogP contribution in [0.25, 0.3) is 0 Å². The largest absolute Gasteiger partial charge is 0.454 e. The molecule has 0 amide bonds. The van der Waals surface area contributed by atoms with Gasteiger partial charge in [-0.2, -0.15) is 0 Å². The third-order valence-electron chi connectivity index (χ3n) is 4.86. The first kappa shape index (κ1) is 22.4. The summed E-state index contributed by atoms with van der Waals surface area (Å²) in [5.41, 5.74) is 1.98. The van der Waals surface area contributed by atoms with E-state index in [0.717, 1.165) is 11.1 Å². The second-order valence-electron chi connectivity index (χ2n) is 7.10. The summed E-state index contributed by atoms with van der Waals surface area (Å²) in [5, 5.41) is 10.5. The molecule has 162 valence electrons. The average molecular weight is 416 g/mol. The van der Waals surface area contributed by atoms with Gasteiger partial charge in [0.15, 0.2) is 12.4 Å². The van der Waals surface area contributed by atoms with E-state index >= 15 is 0 Å². The van der Waals surface area contributed by atoms with E-state index in [2.05, 4.69) is 0 Å². The van der Waals surface area contributed by atoms with Crippen molar-refractivity contribution in [3.05, 3.63) is 71.8 Å². The van der Waals surface area contributed by atoms with Crippen molar-refractivity contribution in [1.82, 2.24) is 0 Å². The summed E-state index contributed by atoms with van der Waals surface area (Å²) in [6, 6.07) is 19.3. The van der Waals surface area contributed by atoms with Gasteiger partial charge in [-0.15, -0.1) is 0 Å². The Hall–Kier alpha value is -2.29. The summed E-state index contributed by atoms with van der Waals surface area (Å²) in [4.78, 5) is 11.6. The molecule has 1 fully saturated rings. The third kappa shape index (κ3) is 6.10. The van der Waals surface area contributed by atoms with Crippen LogP contribution in [0.2, 0.25) is 0 Å². The van der Waals surface area contributed by atoms with Crippen LogP contribution >= 0.6 is 0 Å². The molecular formula is C23H28O7. The first-order valence-electron chi connectivity index (χ1n) is 9.89. The molecule has 0 aliphatic carbocycles. The predicted molar refractivity (Wildman–Crippen MR) is 108 cm³/mol. The lowest BCUT2D eigenvalue weighted by Gasteiger charge is -2.43. The summed E-state index contributed by atoms with van der Waals surface area (Å²) < 4.78 is 28.4. The quantitative estimate of drug-likeness (QED) is 0.629. The molecule has 2 aromatic rings. The fraction of sp³-hybridized carbons (Fsp3) is 0.435. The zero-order valence-corrected chi connectivity index (χ0v) is 17.2. The smallest absolute Gasteiger partial charge is 0.303 e. The summed E-state index contributed by atoms with van der Waals surface area (Å²) in [7, 11) is 1.53. The van der Waals surface area contributed by atoms with Gasteiger partial charge < -0.3 is 28.8 Å². The van der Waals surface area contributed by atoms with Crippen LogP contribution in [0.4, 0.5) is 0 Å². The number of hydrogen-bond donors (Lipinski definition) is 1. The standard InChI is InChI=1S/C23H28O7/c1-16(24)29-22-21(28-14-18-11-7-4-8-12-18)20(26-2)19(30-23(22)25)15-27-13-17-9-5-3-6-10-17/h3-12,19-23,25H,13-15H2,1-2H3/t19-,20-,21+,22-,23-/m1/s1. The number of carbonyl (C=O) groups excluding carboxylic acids is 1. The molecule has 1 aliphatic rings. The van der Waals surface area contributed by atoms with Crippen molar-refractivity contribution in [2.45, 2.75) is 50.8 Å². The fourth-order valence-electron chi connectivity index (χ4n) is 3.46. The Morgan fingerprint density at radius 3 is 2.10 bits per heavy atom. The van der Waals surface area contributed by atoms with E-state index in [1.165, 1.54) is 14.0 Å². The maximum Gasteiger partial charge on any atom is 0.303 e. The lowest BCUT2D eigenvalue weighted by atomic mass is 9.98. The lowest BCUT2D eigenvalue weighted by molar-refractivity contribution is -0.305. The minimum atomic E-state index is -1.36. The molecule has 30 heavy (non-hydrogen) atoms. The van der Waals surface area contributed by atoms with Crippen LogP contribution in [0, 0.1) is 0 Å². The molecule has 0 radical (unpaired) electrons. The Bertz CT molecular complexity index is 768. The first-order valence-corrected chi connectivity index (χ1v) is 9.89. The van der Waals surface area contributed by atoms with Gasteiger partial charge in [0.2, 0.25) is 0 Å². The van der Waals surface area contributed by atoms with E-state index in [9.17, 15) is 9.90 Å². The molecule has 1 aliphatic heterocycles. The van der Waals surface area contributed by atoms with Crippen molar-refractivity contribution in [2.24, 2.45) is 0 Å². The van der Waals surface area contributed by atoms with Crippen molar-refractivity contribution in [1.29, 1.82) is 0 Å². The molecule has 0 aromatic heterocycles. The summed E-state index contributed by atoms with van der Waals surface area (Å²) in [6.07, 6.45) is -4.29. The van der Waals surface area contributed by atoms with Gasteiger partial charge in [-0.25, -0.2) is 0 Å². The molecule has 0 spiro atoms. The van der Waals surface area contributed by atoms with E-state index < -0.39 is 36.7 Å². The van der Waals surface area contributed by atoms with Gasteiger partial charge in [-0.05, 0) is 11.1 Å². The predicted octanol–water partition coefficient (Wildman–Crippen LogP) is 2.45. The monoisotopic (exact) mass is 416 g/mol.